The van der Waals surface area contributed by atoms with Gasteiger partial charge in [0.15, 0.2) is 0 Å². The van der Waals surface area contributed by atoms with Crippen LogP contribution in [0.5, 0.6) is 0 Å². The lowest BCUT2D eigenvalue weighted by Crippen LogP contribution is -2.49. The van der Waals surface area contributed by atoms with Gasteiger partial charge >= 0.3 is 12.0 Å². The lowest BCUT2D eigenvalue weighted by Gasteiger charge is -2.22. The smallest absolute Gasteiger partial charge is 0.328 e. The van der Waals surface area contributed by atoms with Crippen molar-refractivity contribution in [2.45, 2.75) is 200 Å². The predicted octanol–water partition coefficient (Wildman–Crippen LogP) is 9.51. The number of carbonyl (C=O) groups is 3. The van der Waals surface area contributed by atoms with Crippen molar-refractivity contribution in [3.63, 3.8) is 0 Å². The molecule has 0 saturated carbocycles. The monoisotopic (exact) mass is 610 g/mol. The first-order valence-corrected chi connectivity index (χ1v) is 18.5. The van der Waals surface area contributed by atoms with E-state index in [1.54, 1.807) is 6.92 Å². The van der Waals surface area contributed by atoms with Crippen LogP contribution in [0.3, 0.4) is 0 Å². The molecule has 0 aromatic heterocycles. The first-order chi connectivity index (χ1) is 21.0. The molecule has 0 bridgehead atoms. The van der Waals surface area contributed by atoms with Crippen LogP contribution in [0.4, 0.5) is 4.79 Å². The van der Waals surface area contributed by atoms with Gasteiger partial charge in [-0.15, -0.1) is 0 Å². The number of hydrogen-bond donors (Lipinski definition) is 3. The Morgan fingerprint density at radius 3 is 1.53 bits per heavy atom. The van der Waals surface area contributed by atoms with Crippen molar-refractivity contribution >= 4 is 17.9 Å². The molecule has 7 nitrogen and oxygen atoms in total. The average molecular weight is 610 g/mol. The number of amides is 3. The highest BCUT2D eigenvalue weighted by atomic mass is 16.5. The number of esters is 1. The van der Waals surface area contributed by atoms with Crippen LogP contribution in [0.2, 0.25) is 0 Å². The minimum Gasteiger partial charge on any atom is -0.464 e. The van der Waals surface area contributed by atoms with E-state index in [-0.39, 0.29) is 30.6 Å². The van der Waals surface area contributed by atoms with E-state index < -0.39 is 6.04 Å². The summed E-state index contributed by atoms with van der Waals surface area (Å²) in [4.78, 5) is 37.7. The lowest BCUT2D eigenvalue weighted by atomic mass is 10.0. The normalized spacial score (nSPS) is 12.5. The number of unbranched alkanes of at least 4 members (excludes halogenated alkanes) is 17. The molecule has 0 aromatic carbocycles. The maximum Gasteiger partial charge on any atom is 0.328 e. The Hall–Kier alpha value is -1.79. The minimum absolute atomic E-state index is 0.109. The molecule has 0 aromatic rings. The summed E-state index contributed by atoms with van der Waals surface area (Å²) in [5.74, 6) is -0.278. The van der Waals surface area contributed by atoms with E-state index in [2.05, 4.69) is 36.7 Å². The van der Waals surface area contributed by atoms with Gasteiger partial charge in [-0.3, -0.25) is 4.79 Å². The van der Waals surface area contributed by atoms with Crippen LogP contribution in [0, 0.1) is 0 Å². The van der Waals surface area contributed by atoms with Gasteiger partial charge in [0.05, 0.1) is 6.61 Å². The molecule has 1 unspecified atom stereocenters. The molecule has 0 spiro atoms. The molecule has 0 radical (unpaired) electrons. The van der Waals surface area contributed by atoms with Crippen molar-refractivity contribution in [3.8, 4) is 0 Å². The lowest BCUT2D eigenvalue weighted by molar-refractivity contribution is -0.145. The first-order valence-electron chi connectivity index (χ1n) is 18.5. The highest BCUT2D eigenvalue weighted by molar-refractivity contribution is 5.83. The zero-order valence-electron chi connectivity index (χ0n) is 28.9. The highest BCUT2D eigenvalue weighted by Crippen LogP contribution is 2.14. The van der Waals surface area contributed by atoms with Crippen molar-refractivity contribution in [3.05, 3.63) is 0 Å². The van der Waals surface area contributed by atoms with Gasteiger partial charge in [0.25, 0.3) is 0 Å². The van der Waals surface area contributed by atoms with Gasteiger partial charge in [-0.25, -0.2) is 9.59 Å². The van der Waals surface area contributed by atoms with E-state index in [0.29, 0.717) is 19.4 Å². The largest absolute Gasteiger partial charge is 0.464 e. The Morgan fingerprint density at radius 2 is 1.00 bits per heavy atom. The molecule has 0 aliphatic carbocycles. The van der Waals surface area contributed by atoms with Gasteiger partial charge in [-0.05, 0) is 45.4 Å². The number of urea groups is 1. The average Bonchev–Trinajstić information content (AvgIpc) is 2.99. The first kappa shape index (κ1) is 41.2. The molecule has 0 rings (SSSR count). The van der Waals surface area contributed by atoms with Crippen LogP contribution < -0.4 is 16.0 Å². The van der Waals surface area contributed by atoms with Crippen molar-refractivity contribution in [1.82, 2.24) is 16.0 Å². The Labute approximate surface area is 266 Å². The third-order valence-corrected chi connectivity index (χ3v) is 8.27. The second-order valence-electron chi connectivity index (χ2n) is 12.4. The number of carbonyl (C=O) groups excluding carboxylic acids is 3. The molecule has 0 aliphatic rings. The molecule has 254 valence electrons. The standard InChI is InChI=1S/C36H71N3O4/c1-5-9-12-15-17-18-19-21-24-30-34(40)37-31-26-25-29-33(35(41)43-8-4)39-36(42)38-32(27-22-14-11-7-3)28-23-20-16-13-10-6-2/h32-33H,5-31H2,1-4H3,(H,37,40)(H2,38,39,42)/t32?,33-/m0/s1. The number of nitrogens with one attached hydrogen (secondary N) is 3. The van der Waals surface area contributed by atoms with E-state index in [1.165, 1.54) is 96.3 Å². The summed E-state index contributed by atoms with van der Waals surface area (Å²) in [6, 6.07) is -0.821. The predicted molar refractivity (Wildman–Crippen MR) is 181 cm³/mol. The van der Waals surface area contributed by atoms with Gasteiger partial charge < -0.3 is 20.7 Å². The summed E-state index contributed by atoms with van der Waals surface area (Å²) in [5.41, 5.74) is 0. The number of rotatable bonds is 31. The summed E-state index contributed by atoms with van der Waals surface area (Å²) in [7, 11) is 0. The van der Waals surface area contributed by atoms with Crippen LogP contribution in [-0.2, 0) is 14.3 Å². The molecule has 7 heteroatoms. The highest BCUT2D eigenvalue weighted by Gasteiger charge is 2.23. The van der Waals surface area contributed by atoms with E-state index >= 15 is 0 Å². The Bertz CT molecular complexity index is 658. The van der Waals surface area contributed by atoms with Crippen LogP contribution in [0.25, 0.3) is 0 Å². The summed E-state index contributed by atoms with van der Waals surface area (Å²) in [5, 5.41) is 9.08. The maximum absolute atomic E-state index is 13.0. The van der Waals surface area contributed by atoms with Gasteiger partial charge in [0.2, 0.25) is 5.91 Å². The third kappa shape index (κ3) is 27.5. The van der Waals surface area contributed by atoms with Crippen LogP contribution >= 0.6 is 0 Å². The Morgan fingerprint density at radius 1 is 0.535 bits per heavy atom. The summed E-state index contributed by atoms with van der Waals surface area (Å²) in [6.45, 7) is 9.34. The van der Waals surface area contributed by atoms with E-state index in [9.17, 15) is 14.4 Å². The fourth-order valence-electron chi connectivity index (χ4n) is 5.54. The van der Waals surface area contributed by atoms with Crippen molar-refractivity contribution in [2.24, 2.45) is 0 Å². The maximum atomic E-state index is 13.0. The van der Waals surface area contributed by atoms with E-state index in [1.807, 2.05) is 0 Å². The van der Waals surface area contributed by atoms with Crippen molar-refractivity contribution in [2.75, 3.05) is 13.2 Å². The van der Waals surface area contributed by atoms with Crippen LogP contribution in [-0.4, -0.2) is 43.1 Å². The fraction of sp³-hybridized carbons (Fsp3) is 0.917. The zero-order valence-corrected chi connectivity index (χ0v) is 28.9. The van der Waals surface area contributed by atoms with Crippen LogP contribution in [0.1, 0.15) is 188 Å². The van der Waals surface area contributed by atoms with Gasteiger partial charge in [0, 0.05) is 19.0 Å². The Kier molecular flexibility index (Phi) is 30.3. The third-order valence-electron chi connectivity index (χ3n) is 8.27. The molecule has 3 N–H and O–H groups in total. The Balaban J connectivity index is 4.42. The molecular formula is C36H71N3O4. The number of hydrogen-bond acceptors (Lipinski definition) is 4. The van der Waals surface area contributed by atoms with E-state index in [4.69, 9.17) is 4.74 Å². The molecule has 3 amide bonds. The van der Waals surface area contributed by atoms with Gasteiger partial charge in [-0.1, -0.05) is 136 Å². The number of ether oxygens (including phenoxy) is 1. The van der Waals surface area contributed by atoms with E-state index in [0.717, 1.165) is 51.4 Å². The quantitative estimate of drug-likeness (QED) is 0.0539. The minimum atomic E-state index is -0.674. The molecule has 43 heavy (non-hydrogen) atoms. The topological polar surface area (TPSA) is 96.5 Å². The fourth-order valence-corrected chi connectivity index (χ4v) is 5.54. The second kappa shape index (κ2) is 31.6. The summed E-state index contributed by atoms with van der Waals surface area (Å²) in [6.07, 6.45) is 27.8. The molecular weight excluding hydrogens is 538 g/mol. The molecule has 2 atom stereocenters. The molecule has 0 heterocycles. The van der Waals surface area contributed by atoms with Crippen LogP contribution in [0.15, 0.2) is 0 Å². The molecule has 0 fully saturated rings. The summed E-state index contributed by atoms with van der Waals surface area (Å²) >= 11 is 0. The van der Waals surface area contributed by atoms with Crippen molar-refractivity contribution in [1.29, 1.82) is 0 Å². The van der Waals surface area contributed by atoms with Gasteiger partial charge in [-0.2, -0.15) is 0 Å². The summed E-state index contributed by atoms with van der Waals surface area (Å²) < 4.78 is 5.25. The molecule has 0 saturated heterocycles. The SMILES string of the molecule is CCCCCCCCCCCC(=O)NCCCC[C@H](NC(=O)NC(CCCCCC)CCCCCCCC)C(=O)OCC. The molecule has 0 aliphatic heterocycles. The zero-order chi connectivity index (χ0) is 31.8. The van der Waals surface area contributed by atoms with Crippen molar-refractivity contribution < 1.29 is 19.1 Å². The van der Waals surface area contributed by atoms with Gasteiger partial charge in [0.1, 0.15) is 6.04 Å². The second-order valence-corrected chi connectivity index (χ2v) is 12.4.